The fraction of sp³-hybridized carbons (Fsp3) is 0.565. The molecule has 0 spiro atoms. The molecule has 0 fully saturated rings. The summed E-state index contributed by atoms with van der Waals surface area (Å²) < 4.78 is 0. The number of benzene rings is 1. The van der Waals surface area contributed by atoms with Gasteiger partial charge in [0.05, 0.1) is 6.54 Å². The third-order valence-corrected chi connectivity index (χ3v) is 5.85. The molecule has 6 nitrogen and oxygen atoms in total. The van der Waals surface area contributed by atoms with Crippen LogP contribution in [0.1, 0.15) is 44.7 Å². The second-order valence-corrected chi connectivity index (χ2v) is 7.90. The molecular formula is C23H36N4O2S. The summed E-state index contributed by atoms with van der Waals surface area (Å²) in [5.74, 6) is 0. The standard InChI is InChI=1S/C23H36N4O2S/c1-4-18-9-10-21-19(15-18)16-20(22(29)25-21)17-27(13-8-14-28)23(30)24-11-7-12-26(5-2)6-3/h9-10,15-16,28H,4-8,11-14,17H2,1-3H3,(H,24,30)(H,25,29). The van der Waals surface area contributed by atoms with Crippen LogP contribution < -0.4 is 10.9 Å². The minimum absolute atomic E-state index is 0.0923. The summed E-state index contributed by atoms with van der Waals surface area (Å²) in [6.45, 7) is 11.5. The van der Waals surface area contributed by atoms with E-state index in [4.69, 9.17) is 12.2 Å². The highest BCUT2D eigenvalue weighted by Crippen LogP contribution is 2.15. The van der Waals surface area contributed by atoms with Gasteiger partial charge in [0.15, 0.2) is 5.11 Å². The summed E-state index contributed by atoms with van der Waals surface area (Å²) in [5, 5.41) is 14.3. The number of aliphatic hydroxyl groups is 1. The van der Waals surface area contributed by atoms with Crippen LogP contribution in [0.3, 0.4) is 0 Å². The highest BCUT2D eigenvalue weighted by molar-refractivity contribution is 7.80. The Labute approximate surface area is 185 Å². The van der Waals surface area contributed by atoms with Gasteiger partial charge in [-0.25, -0.2) is 0 Å². The Morgan fingerprint density at radius 1 is 1.13 bits per heavy atom. The van der Waals surface area contributed by atoms with Crippen molar-refractivity contribution >= 4 is 28.2 Å². The molecule has 0 radical (unpaired) electrons. The van der Waals surface area contributed by atoms with Crippen LogP contribution in [-0.2, 0) is 13.0 Å². The number of hydrogen-bond acceptors (Lipinski definition) is 4. The van der Waals surface area contributed by atoms with Crippen LogP contribution in [-0.4, -0.2) is 64.3 Å². The third-order valence-electron chi connectivity index (χ3n) is 5.45. The molecule has 3 N–H and O–H groups in total. The lowest BCUT2D eigenvalue weighted by molar-refractivity contribution is 0.263. The van der Waals surface area contributed by atoms with E-state index in [0.717, 1.165) is 49.9 Å². The van der Waals surface area contributed by atoms with Crippen LogP contribution in [0.15, 0.2) is 29.1 Å². The number of aliphatic hydroxyl groups excluding tert-OH is 1. The summed E-state index contributed by atoms with van der Waals surface area (Å²) in [5.41, 5.74) is 2.68. The molecule has 1 aromatic carbocycles. The number of thiocarbonyl (C=S) groups is 1. The van der Waals surface area contributed by atoms with Crippen molar-refractivity contribution in [2.75, 3.05) is 39.3 Å². The van der Waals surface area contributed by atoms with Gasteiger partial charge in [0, 0.05) is 30.8 Å². The van der Waals surface area contributed by atoms with E-state index in [-0.39, 0.29) is 12.2 Å². The first-order chi connectivity index (χ1) is 14.5. The Balaban J connectivity index is 2.08. The zero-order chi connectivity index (χ0) is 21.9. The average molecular weight is 433 g/mol. The quantitative estimate of drug-likeness (QED) is 0.354. The van der Waals surface area contributed by atoms with Gasteiger partial charge in [0.1, 0.15) is 0 Å². The molecule has 2 rings (SSSR count). The molecule has 0 saturated carbocycles. The third kappa shape index (κ3) is 7.07. The molecule has 7 heteroatoms. The minimum atomic E-state index is -0.0925. The molecule has 1 heterocycles. The zero-order valence-electron chi connectivity index (χ0n) is 18.5. The Morgan fingerprint density at radius 3 is 2.57 bits per heavy atom. The van der Waals surface area contributed by atoms with Crippen molar-refractivity contribution < 1.29 is 5.11 Å². The normalized spacial score (nSPS) is 11.2. The lowest BCUT2D eigenvalue weighted by Crippen LogP contribution is -2.42. The average Bonchev–Trinajstić information content (AvgIpc) is 2.76. The van der Waals surface area contributed by atoms with Gasteiger partial charge < -0.3 is 25.2 Å². The van der Waals surface area contributed by atoms with Gasteiger partial charge in [-0.05, 0) is 80.3 Å². The van der Waals surface area contributed by atoms with Crippen LogP contribution in [0.2, 0.25) is 0 Å². The van der Waals surface area contributed by atoms with Crippen molar-refractivity contribution in [2.24, 2.45) is 0 Å². The van der Waals surface area contributed by atoms with Gasteiger partial charge in [-0.2, -0.15) is 0 Å². The van der Waals surface area contributed by atoms with Gasteiger partial charge >= 0.3 is 0 Å². The van der Waals surface area contributed by atoms with Gasteiger partial charge in [0.2, 0.25) is 0 Å². The van der Waals surface area contributed by atoms with Crippen LogP contribution in [0.25, 0.3) is 10.9 Å². The van der Waals surface area contributed by atoms with Crippen molar-refractivity contribution in [3.05, 3.63) is 45.7 Å². The molecule has 0 aliphatic rings. The van der Waals surface area contributed by atoms with Crippen LogP contribution >= 0.6 is 12.2 Å². The Morgan fingerprint density at radius 2 is 1.90 bits per heavy atom. The van der Waals surface area contributed by atoms with Crippen LogP contribution in [0.5, 0.6) is 0 Å². The van der Waals surface area contributed by atoms with Crippen molar-refractivity contribution in [1.82, 2.24) is 20.1 Å². The van der Waals surface area contributed by atoms with Crippen LogP contribution in [0, 0.1) is 0 Å². The summed E-state index contributed by atoms with van der Waals surface area (Å²) in [6, 6.07) is 8.09. The van der Waals surface area contributed by atoms with E-state index in [9.17, 15) is 9.90 Å². The first-order valence-electron chi connectivity index (χ1n) is 11.0. The molecule has 0 bridgehead atoms. The number of rotatable bonds is 12. The van der Waals surface area contributed by atoms with Crippen molar-refractivity contribution in [3.8, 4) is 0 Å². The fourth-order valence-electron chi connectivity index (χ4n) is 3.51. The van der Waals surface area contributed by atoms with E-state index in [0.29, 0.717) is 30.2 Å². The molecular weight excluding hydrogens is 396 g/mol. The Bertz CT molecular complexity index is 864. The predicted molar refractivity (Wildman–Crippen MR) is 129 cm³/mol. The molecule has 0 aliphatic carbocycles. The maximum Gasteiger partial charge on any atom is 0.253 e. The first-order valence-corrected chi connectivity index (χ1v) is 11.4. The number of pyridine rings is 1. The minimum Gasteiger partial charge on any atom is -0.396 e. The fourth-order valence-corrected chi connectivity index (χ4v) is 3.77. The Hall–Kier alpha value is -1.96. The van der Waals surface area contributed by atoms with E-state index >= 15 is 0 Å². The van der Waals surface area contributed by atoms with Gasteiger partial charge in [-0.15, -0.1) is 0 Å². The molecule has 0 amide bonds. The van der Waals surface area contributed by atoms with Crippen molar-refractivity contribution in [2.45, 2.75) is 46.6 Å². The van der Waals surface area contributed by atoms with E-state index in [1.54, 1.807) is 0 Å². The topological polar surface area (TPSA) is 71.6 Å². The summed E-state index contributed by atoms with van der Waals surface area (Å²) in [4.78, 5) is 20.0. The molecule has 1 aromatic heterocycles. The lowest BCUT2D eigenvalue weighted by Gasteiger charge is -2.26. The summed E-state index contributed by atoms with van der Waals surface area (Å²) in [7, 11) is 0. The van der Waals surface area contributed by atoms with E-state index in [1.807, 2.05) is 23.1 Å². The van der Waals surface area contributed by atoms with E-state index < -0.39 is 0 Å². The number of nitrogens with zero attached hydrogens (tertiary/aromatic N) is 2. The maximum atomic E-state index is 12.6. The largest absolute Gasteiger partial charge is 0.396 e. The lowest BCUT2D eigenvalue weighted by atomic mass is 10.1. The summed E-state index contributed by atoms with van der Waals surface area (Å²) >= 11 is 5.61. The number of H-pyrrole nitrogens is 1. The summed E-state index contributed by atoms with van der Waals surface area (Å²) in [6.07, 6.45) is 2.56. The maximum absolute atomic E-state index is 12.6. The van der Waals surface area contributed by atoms with E-state index in [1.165, 1.54) is 5.56 Å². The van der Waals surface area contributed by atoms with Gasteiger partial charge in [-0.1, -0.05) is 26.8 Å². The van der Waals surface area contributed by atoms with Gasteiger partial charge in [-0.3, -0.25) is 4.79 Å². The molecule has 0 unspecified atom stereocenters. The number of hydrogen-bond donors (Lipinski definition) is 3. The number of nitrogens with one attached hydrogen (secondary N) is 2. The molecule has 0 aliphatic heterocycles. The first kappa shape index (κ1) is 24.3. The number of aromatic nitrogens is 1. The number of fused-ring (bicyclic) bond motifs is 1. The monoisotopic (exact) mass is 432 g/mol. The molecule has 30 heavy (non-hydrogen) atoms. The molecule has 0 saturated heterocycles. The van der Waals surface area contributed by atoms with Crippen LogP contribution in [0.4, 0.5) is 0 Å². The number of aromatic amines is 1. The van der Waals surface area contributed by atoms with Crippen molar-refractivity contribution in [1.29, 1.82) is 0 Å². The molecule has 2 aromatic rings. The highest BCUT2D eigenvalue weighted by Gasteiger charge is 2.13. The second kappa shape index (κ2) is 12.7. The zero-order valence-corrected chi connectivity index (χ0v) is 19.4. The van der Waals surface area contributed by atoms with Crippen molar-refractivity contribution in [3.63, 3.8) is 0 Å². The smallest absolute Gasteiger partial charge is 0.253 e. The SMILES string of the molecule is CCc1ccc2[nH]c(=O)c(CN(CCCO)C(=S)NCCCN(CC)CC)cc2c1. The highest BCUT2D eigenvalue weighted by atomic mass is 32.1. The van der Waals surface area contributed by atoms with Gasteiger partial charge in [0.25, 0.3) is 5.56 Å². The molecule has 166 valence electrons. The molecule has 0 atom stereocenters. The predicted octanol–water partition coefficient (Wildman–Crippen LogP) is 2.88. The second-order valence-electron chi connectivity index (χ2n) is 7.51. The Kier molecular flexibility index (Phi) is 10.3. The van der Waals surface area contributed by atoms with E-state index in [2.05, 4.69) is 42.0 Å². The number of aryl methyl sites for hydroxylation is 1.